The van der Waals surface area contributed by atoms with Gasteiger partial charge in [0, 0.05) is 28.7 Å². The van der Waals surface area contributed by atoms with Crippen molar-refractivity contribution in [1.82, 2.24) is 9.88 Å². The van der Waals surface area contributed by atoms with E-state index in [-0.39, 0.29) is 18.0 Å². The molecule has 3 atom stereocenters. The van der Waals surface area contributed by atoms with Crippen LogP contribution in [0.25, 0.3) is 16.6 Å². The second-order valence-corrected chi connectivity index (χ2v) is 14.5. The van der Waals surface area contributed by atoms with Gasteiger partial charge in [-0.25, -0.2) is 0 Å². The van der Waals surface area contributed by atoms with Crippen LogP contribution in [0.15, 0.2) is 90.8 Å². The summed E-state index contributed by atoms with van der Waals surface area (Å²) in [6.45, 7) is 3.05. The maximum atomic E-state index is 11.3. The van der Waals surface area contributed by atoms with Gasteiger partial charge in [0.2, 0.25) is 0 Å². The van der Waals surface area contributed by atoms with Crippen molar-refractivity contribution in [2.75, 3.05) is 6.61 Å². The molecule has 5 N–H and O–H groups in total. The first-order valence-electron chi connectivity index (χ1n) is 18.2. The molecule has 0 amide bonds. The molecule has 0 radical (unpaired) electrons. The fraction of sp³-hybridized carbons (Fsp3) is 0.429. The molecule has 1 aromatic heterocycles. The smallest absolute Gasteiger partial charge is 0.161 e. The molecular weight excluding hydrogens is 610 g/mol. The molecular formula is C42H51N3O4. The minimum absolute atomic E-state index is 0.0646. The number of phenolic OH excluding ortho intramolecular Hbond substituents is 1. The minimum atomic E-state index is -0.502. The van der Waals surface area contributed by atoms with Crippen LogP contribution in [0, 0.1) is 5.41 Å². The highest BCUT2D eigenvalue weighted by molar-refractivity contribution is 5.88. The Kier molecular flexibility index (Phi) is 10.1. The normalized spacial score (nSPS) is 22.7. The molecule has 0 saturated heterocycles. The summed E-state index contributed by atoms with van der Waals surface area (Å²) in [5, 5.41) is 27.8. The van der Waals surface area contributed by atoms with Crippen molar-refractivity contribution in [3.05, 3.63) is 113 Å². The number of ether oxygens (including phenoxy) is 2. The Morgan fingerprint density at radius 1 is 1.00 bits per heavy atom. The SMILES string of the molecule is CCC1(CC[C@H]2C[C@H](O)CCc3ccc(O)c(c3)OCc3cc(Cc4ccccc4)cc4cn(cc34)C3=C(C=CC(N)N3)CO2)CCCC1. The Morgan fingerprint density at radius 3 is 2.65 bits per heavy atom. The van der Waals surface area contributed by atoms with E-state index in [9.17, 15) is 10.2 Å². The lowest BCUT2D eigenvalue weighted by atomic mass is 9.78. The van der Waals surface area contributed by atoms with Crippen LogP contribution in [-0.2, 0) is 24.2 Å². The second kappa shape index (κ2) is 14.8. The third-order valence-corrected chi connectivity index (χ3v) is 11.1. The number of aryl methyl sites for hydroxylation is 1. The molecule has 1 fully saturated rings. The summed E-state index contributed by atoms with van der Waals surface area (Å²) in [4.78, 5) is 0. The van der Waals surface area contributed by atoms with Crippen molar-refractivity contribution in [3.8, 4) is 11.5 Å². The van der Waals surface area contributed by atoms with Crippen molar-refractivity contribution in [1.29, 1.82) is 0 Å². The largest absolute Gasteiger partial charge is 0.504 e. The van der Waals surface area contributed by atoms with Crippen LogP contribution in [-0.4, -0.2) is 39.8 Å². The number of nitrogens with one attached hydrogen (secondary N) is 1. The highest BCUT2D eigenvalue weighted by Gasteiger charge is 2.33. The summed E-state index contributed by atoms with van der Waals surface area (Å²) < 4.78 is 15.2. The van der Waals surface area contributed by atoms with Gasteiger partial charge in [-0.1, -0.05) is 74.7 Å². The van der Waals surface area contributed by atoms with Crippen LogP contribution >= 0.6 is 0 Å². The van der Waals surface area contributed by atoms with Crippen molar-refractivity contribution in [3.63, 3.8) is 0 Å². The van der Waals surface area contributed by atoms with Crippen LogP contribution < -0.4 is 15.8 Å². The summed E-state index contributed by atoms with van der Waals surface area (Å²) in [5.41, 5.74) is 12.3. The second-order valence-electron chi connectivity index (χ2n) is 14.5. The lowest BCUT2D eigenvalue weighted by molar-refractivity contribution is 0.0101. The lowest BCUT2D eigenvalue weighted by Gasteiger charge is -2.31. The highest BCUT2D eigenvalue weighted by Crippen LogP contribution is 2.45. The van der Waals surface area contributed by atoms with Gasteiger partial charge in [0.15, 0.2) is 11.5 Å². The zero-order valence-electron chi connectivity index (χ0n) is 28.7. The van der Waals surface area contributed by atoms with E-state index >= 15 is 0 Å². The maximum Gasteiger partial charge on any atom is 0.161 e. The van der Waals surface area contributed by atoms with Crippen LogP contribution in [0.4, 0.5) is 0 Å². The number of benzene rings is 3. The van der Waals surface area contributed by atoms with E-state index in [1.54, 1.807) is 6.07 Å². The van der Waals surface area contributed by atoms with Crippen LogP contribution in [0.3, 0.4) is 0 Å². The van der Waals surface area contributed by atoms with Crippen LogP contribution in [0.1, 0.15) is 87.0 Å². The number of dihydropyridines is 1. The molecule has 3 aromatic carbocycles. The number of nitrogens with two attached hydrogens (primary N) is 1. The summed E-state index contributed by atoms with van der Waals surface area (Å²) in [6.07, 6.45) is 18.6. The molecule has 4 bridgehead atoms. The molecule has 3 heterocycles. The predicted octanol–water partition coefficient (Wildman–Crippen LogP) is 7.96. The van der Waals surface area contributed by atoms with E-state index < -0.39 is 6.10 Å². The number of rotatable bonds is 6. The Labute approximate surface area is 290 Å². The van der Waals surface area contributed by atoms with Gasteiger partial charge in [0.1, 0.15) is 12.4 Å². The number of aromatic nitrogens is 1. The fourth-order valence-corrected chi connectivity index (χ4v) is 8.12. The number of aliphatic hydroxyl groups excluding tert-OH is 1. The van der Waals surface area contributed by atoms with Gasteiger partial charge in [-0.05, 0) is 103 Å². The first-order chi connectivity index (χ1) is 23.9. The van der Waals surface area contributed by atoms with Gasteiger partial charge in [0.05, 0.1) is 25.0 Å². The van der Waals surface area contributed by atoms with Gasteiger partial charge < -0.3 is 35.3 Å². The third-order valence-electron chi connectivity index (χ3n) is 11.1. The number of hydrogen-bond donors (Lipinski definition) is 4. The van der Waals surface area contributed by atoms with Crippen LogP contribution in [0.2, 0.25) is 0 Å². The standard InChI is InChI=1S/C42H51N3O4/c1-2-42(17-6-7-18-42)19-16-36-24-35(46)13-10-30-11-14-38(47)39(23-30)49-28-34-22-31(20-29-8-4-3-5-9-29)21-33-25-45(26-37(33)34)41-32(27-48-36)12-15-40(43)44-41/h3-5,8-9,11-12,14-15,21-23,25-26,35-36,40,44,46-47H,2,6-7,10,13,16-20,24,27-28,43H2,1H3/t35-,36+,40?/m1/s1. The molecule has 4 aromatic rings. The minimum Gasteiger partial charge on any atom is -0.504 e. The summed E-state index contributed by atoms with van der Waals surface area (Å²) in [5.74, 6) is 1.46. The topological polar surface area (TPSA) is 102 Å². The number of aromatic hydroxyl groups is 1. The first-order valence-corrected chi connectivity index (χ1v) is 18.2. The average molecular weight is 662 g/mol. The van der Waals surface area contributed by atoms with Gasteiger partial charge in [-0.2, -0.15) is 0 Å². The van der Waals surface area contributed by atoms with E-state index in [0.29, 0.717) is 43.6 Å². The van der Waals surface area contributed by atoms with Gasteiger partial charge in [-0.15, -0.1) is 0 Å². The molecule has 1 saturated carbocycles. The molecule has 1 aliphatic carbocycles. The van der Waals surface area contributed by atoms with E-state index in [4.69, 9.17) is 15.2 Å². The molecule has 3 aliphatic rings. The van der Waals surface area contributed by atoms with E-state index in [2.05, 4.69) is 71.7 Å². The summed E-state index contributed by atoms with van der Waals surface area (Å²) in [7, 11) is 0. The Morgan fingerprint density at radius 2 is 1.84 bits per heavy atom. The van der Waals surface area contributed by atoms with E-state index in [1.165, 1.54) is 43.2 Å². The van der Waals surface area contributed by atoms with E-state index in [0.717, 1.165) is 52.6 Å². The molecule has 49 heavy (non-hydrogen) atoms. The Balaban J connectivity index is 1.27. The molecule has 2 aliphatic heterocycles. The van der Waals surface area contributed by atoms with Gasteiger partial charge >= 0.3 is 0 Å². The summed E-state index contributed by atoms with van der Waals surface area (Å²) in [6, 6.07) is 20.5. The monoisotopic (exact) mass is 661 g/mol. The molecule has 1 unspecified atom stereocenters. The molecule has 7 nitrogen and oxygen atoms in total. The van der Waals surface area contributed by atoms with Crippen molar-refractivity contribution < 1.29 is 19.7 Å². The fourth-order valence-electron chi connectivity index (χ4n) is 8.12. The average Bonchev–Trinajstić information content (AvgIpc) is 3.77. The number of hydrogen-bond acceptors (Lipinski definition) is 6. The zero-order valence-corrected chi connectivity index (χ0v) is 28.7. The quantitative estimate of drug-likeness (QED) is 0.167. The number of fused-ring (bicyclic) bond motifs is 4. The Hall–Kier alpha value is -4.04. The van der Waals surface area contributed by atoms with Gasteiger partial charge in [-0.3, -0.25) is 0 Å². The molecule has 0 spiro atoms. The number of aliphatic hydroxyl groups is 1. The van der Waals surface area contributed by atoms with Crippen molar-refractivity contribution in [2.24, 2.45) is 11.1 Å². The third kappa shape index (κ3) is 7.90. The van der Waals surface area contributed by atoms with Crippen molar-refractivity contribution >= 4 is 16.6 Å². The molecule has 258 valence electrons. The maximum absolute atomic E-state index is 11.3. The molecule has 7 heteroatoms. The van der Waals surface area contributed by atoms with Crippen molar-refractivity contribution in [2.45, 2.75) is 103 Å². The summed E-state index contributed by atoms with van der Waals surface area (Å²) >= 11 is 0. The van der Waals surface area contributed by atoms with Crippen LogP contribution in [0.5, 0.6) is 11.5 Å². The lowest BCUT2D eigenvalue weighted by Crippen LogP contribution is -2.38. The highest BCUT2D eigenvalue weighted by atomic mass is 16.5. The number of phenols is 1. The molecule has 7 rings (SSSR count). The van der Waals surface area contributed by atoms with Gasteiger partial charge in [0.25, 0.3) is 0 Å². The Bertz CT molecular complexity index is 1800. The zero-order chi connectivity index (χ0) is 33.8. The first kappa shape index (κ1) is 33.5. The van der Waals surface area contributed by atoms with E-state index in [1.807, 2.05) is 24.3 Å². The number of nitrogens with zero attached hydrogens (tertiary/aromatic N) is 1. The predicted molar refractivity (Wildman–Crippen MR) is 196 cm³/mol.